The molecule has 0 radical (unpaired) electrons. The van der Waals surface area contributed by atoms with Gasteiger partial charge in [-0.25, -0.2) is 0 Å². The highest BCUT2D eigenvalue weighted by Gasteiger charge is 2.29. The van der Waals surface area contributed by atoms with Crippen LogP contribution in [0, 0.1) is 5.41 Å². The first kappa shape index (κ1) is 15.2. The zero-order valence-corrected chi connectivity index (χ0v) is 12.3. The van der Waals surface area contributed by atoms with E-state index in [9.17, 15) is 4.79 Å². The van der Waals surface area contributed by atoms with Crippen LogP contribution >= 0.6 is 0 Å². The van der Waals surface area contributed by atoms with E-state index in [0.717, 1.165) is 5.56 Å². The van der Waals surface area contributed by atoms with Crippen molar-refractivity contribution in [2.24, 2.45) is 5.41 Å². The fraction of sp³-hybridized carbons (Fsp3) is 0.353. The van der Waals surface area contributed by atoms with Crippen molar-refractivity contribution in [3.8, 4) is 0 Å². The summed E-state index contributed by atoms with van der Waals surface area (Å²) in [5.74, 6) is 0.0990. The first-order valence-electron chi connectivity index (χ1n) is 6.55. The Morgan fingerprint density at radius 1 is 1.26 bits per heavy atom. The highest BCUT2D eigenvalue weighted by atomic mass is 16.2. The van der Waals surface area contributed by atoms with E-state index in [2.05, 4.69) is 6.58 Å². The van der Waals surface area contributed by atoms with E-state index in [4.69, 9.17) is 0 Å². The van der Waals surface area contributed by atoms with Crippen LogP contribution in [-0.2, 0) is 4.79 Å². The van der Waals surface area contributed by atoms with E-state index in [1.807, 2.05) is 58.0 Å². The van der Waals surface area contributed by atoms with Gasteiger partial charge in [0.25, 0.3) is 0 Å². The molecule has 0 saturated carbocycles. The molecule has 2 nitrogen and oxygen atoms in total. The molecule has 2 heteroatoms. The van der Waals surface area contributed by atoms with Crippen LogP contribution in [0.5, 0.6) is 0 Å². The van der Waals surface area contributed by atoms with Crippen LogP contribution in [-0.4, -0.2) is 10.8 Å². The first-order chi connectivity index (χ1) is 8.88. The Morgan fingerprint density at radius 3 is 2.32 bits per heavy atom. The molecule has 102 valence electrons. The Morgan fingerprint density at radius 2 is 1.84 bits per heavy atom. The lowest BCUT2D eigenvalue weighted by Gasteiger charge is -2.32. The molecule has 0 saturated heterocycles. The third-order valence-corrected chi connectivity index (χ3v) is 2.96. The summed E-state index contributed by atoms with van der Waals surface area (Å²) in [6.07, 6.45) is 5.28. The molecule has 19 heavy (non-hydrogen) atoms. The molecule has 1 rings (SSSR count). The number of amides is 1. The summed E-state index contributed by atoms with van der Waals surface area (Å²) in [7, 11) is 0. The number of benzene rings is 1. The van der Waals surface area contributed by atoms with Gasteiger partial charge >= 0.3 is 0 Å². The number of hydrogen-bond acceptors (Lipinski definition) is 1. The summed E-state index contributed by atoms with van der Waals surface area (Å²) in [4.78, 5) is 14.3. The standard InChI is InChI=1S/C17H23NO/c1-6-7-13-18(16(19)17(3,4)5)14(2)15-11-9-8-10-12-15/h6-14H,1H2,2-5H3/b13-7+/t14-/m0/s1. The highest BCUT2D eigenvalue weighted by Crippen LogP contribution is 2.26. The topological polar surface area (TPSA) is 20.3 Å². The van der Waals surface area contributed by atoms with Crippen LogP contribution in [0.1, 0.15) is 39.3 Å². The lowest BCUT2D eigenvalue weighted by atomic mass is 9.93. The van der Waals surface area contributed by atoms with Crippen molar-refractivity contribution in [3.05, 3.63) is 60.8 Å². The Hall–Kier alpha value is -1.83. The monoisotopic (exact) mass is 257 g/mol. The van der Waals surface area contributed by atoms with Gasteiger partial charge in [0.1, 0.15) is 0 Å². The van der Waals surface area contributed by atoms with Crippen LogP contribution in [0.25, 0.3) is 0 Å². The van der Waals surface area contributed by atoms with Crippen LogP contribution < -0.4 is 0 Å². The Balaban J connectivity index is 3.07. The second-order valence-corrected chi connectivity index (χ2v) is 5.63. The van der Waals surface area contributed by atoms with Crippen LogP contribution in [0.15, 0.2) is 55.3 Å². The third kappa shape index (κ3) is 4.09. The van der Waals surface area contributed by atoms with Crippen LogP contribution in [0.2, 0.25) is 0 Å². The van der Waals surface area contributed by atoms with E-state index in [1.54, 1.807) is 23.3 Å². The van der Waals surface area contributed by atoms with Crippen molar-refractivity contribution in [1.29, 1.82) is 0 Å². The minimum atomic E-state index is -0.408. The van der Waals surface area contributed by atoms with Gasteiger partial charge in [0.05, 0.1) is 6.04 Å². The number of nitrogens with zero attached hydrogens (tertiary/aromatic N) is 1. The van der Waals surface area contributed by atoms with E-state index in [-0.39, 0.29) is 11.9 Å². The average molecular weight is 257 g/mol. The van der Waals surface area contributed by atoms with E-state index < -0.39 is 5.41 Å². The maximum atomic E-state index is 12.5. The molecular formula is C17H23NO. The van der Waals surface area contributed by atoms with Crippen molar-refractivity contribution in [3.63, 3.8) is 0 Å². The van der Waals surface area contributed by atoms with Gasteiger partial charge in [-0.3, -0.25) is 4.79 Å². The minimum Gasteiger partial charge on any atom is -0.311 e. The molecule has 0 N–H and O–H groups in total. The normalized spacial score (nSPS) is 13.3. The highest BCUT2D eigenvalue weighted by molar-refractivity contribution is 5.82. The number of allylic oxidation sites excluding steroid dienone is 2. The fourth-order valence-electron chi connectivity index (χ4n) is 1.81. The molecule has 1 aromatic rings. The zero-order chi connectivity index (χ0) is 14.5. The zero-order valence-electron chi connectivity index (χ0n) is 12.3. The summed E-state index contributed by atoms with van der Waals surface area (Å²) < 4.78 is 0. The van der Waals surface area contributed by atoms with E-state index >= 15 is 0 Å². The van der Waals surface area contributed by atoms with Gasteiger partial charge in [-0.2, -0.15) is 0 Å². The molecule has 0 aliphatic carbocycles. The van der Waals surface area contributed by atoms with Gasteiger partial charge in [0.2, 0.25) is 5.91 Å². The lowest BCUT2D eigenvalue weighted by Crippen LogP contribution is -2.37. The first-order valence-corrected chi connectivity index (χ1v) is 6.55. The van der Waals surface area contributed by atoms with Gasteiger partial charge in [-0.05, 0) is 18.6 Å². The van der Waals surface area contributed by atoms with Gasteiger partial charge in [0, 0.05) is 11.6 Å². The Labute approximate surface area is 116 Å². The molecular weight excluding hydrogens is 234 g/mol. The SMILES string of the molecule is C=C/C=C/N(C(=O)C(C)(C)C)[C@@H](C)c1ccccc1. The smallest absolute Gasteiger partial charge is 0.232 e. The van der Waals surface area contributed by atoms with Crippen molar-refractivity contribution < 1.29 is 4.79 Å². The number of carbonyl (C=O) groups is 1. The molecule has 0 aromatic heterocycles. The predicted octanol–water partition coefficient (Wildman–Crippen LogP) is 4.32. The van der Waals surface area contributed by atoms with Crippen molar-refractivity contribution in [2.75, 3.05) is 0 Å². The van der Waals surface area contributed by atoms with Crippen molar-refractivity contribution in [1.82, 2.24) is 4.90 Å². The second-order valence-electron chi connectivity index (χ2n) is 5.63. The van der Waals surface area contributed by atoms with Gasteiger partial charge in [0.15, 0.2) is 0 Å². The van der Waals surface area contributed by atoms with Gasteiger partial charge in [-0.15, -0.1) is 0 Å². The molecule has 0 unspecified atom stereocenters. The van der Waals surface area contributed by atoms with E-state index in [1.165, 1.54) is 0 Å². The number of hydrogen-bond donors (Lipinski definition) is 0. The predicted molar refractivity (Wildman–Crippen MR) is 80.5 cm³/mol. The molecule has 1 atom stereocenters. The van der Waals surface area contributed by atoms with Crippen molar-refractivity contribution >= 4 is 5.91 Å². The Bertz CT molecular complexity index is 454. The quantitative estimate of drug-likeness (QED) is 0.735. The molecule has 0 fully saturated rings. The minimum absolute atomic E-state index is 0.00382. The summed E-state index contributed by atoms with van der Waals surface area (Å²) in [5.41, 5.74) is 0.711. The summed E-state index contributed by atoms with van der Waals surface area (Å²) in [6.45, 7) is 11.5. The maximum Gasteiger partial charge on any atom is 0.232 e. The van der Waals surface area contributed by atoms with Crippen LogP contribution in [0.3, 0.4) is 0 Å². The summed E-state index contributed by atoms with van der Waals surface area (Å²) in [6, 6.07) is 10.0. The fourth-order valence-corrected chi connectivity index (χ4v) is 1.81. The summed E-state index contributed by atoms with van der Waals surface area (Å²) >= 11 is 0. The molecule has 1 aromatic carbocycles. The molecule has 0 aliphatic rings. The molecule has 1 amide bonds. The summed E-state index contributed by atoms with van der Waals surface area (Å²) in [5, 5.41) is 0. The molecule has 0 bridgehead atoms. The van der Waals surface area contributed by atoms with Gasteiger partial charge in [-0.1, -0.05) is 63.8 Å². The third-order valence-electron chi connectivity index (χ3n) is 2.96. The lowest BCUT2D eigenvalue weighted by molar-refractivity contribution is -0.138. The maximum absolute atomic E-state index is 12.5. The molecule has 0 spiro atoms. The average Bonchev–Trinajstić information content (AvgIpc) is 2.38. The number of carbonyl (C=O) groups excluding carboxylic acids is 1. The number of rotatable bonds is 4. The molecule has 0 heterocycles. The van der Waals surface area contributed by atoms with Gasteiger partial charge < -0.3 is 4.90 Å². The largest absolute Gasteiger partial charge is 0.311 e. The second kappa shape index (κ2) is 6.37. The van der Waals surface area contributed by atoms with E-state index in [0.29, 0.717) is 0 Å². The van der Waals surface area contributed by atoms with Crippen LogP contribution in [0.4, 0.5) is 0 Å². The molecule has 0 aliphatic heterocycles. The Kier molecular flexibility index (Phi) is 5.11. The van der Waals surface area contributed by atoms with Crippen molar-refractivity contribution in [2.45, 2.75) is 33.7 Å².